The van der Waals surface area contributed by atoms with Crippen LogP contribution in [-0.4, -0.2) is 19.4 Å². The molecule has 0 atom stereocenters. The summed E-state index contributed by atoms with van der Waals surface area (Å²) < 4.78 is 0. The third-order valence-electron chi connectivity index (χ3n) is 2.54. The van der Waals surface area contributed by atoms with Crippen molar-refractivity contribution in [3.05, 3.63) is 28.8 Å². The fraction of sp³-hybridized carbons (Fsp3) is 0.429. The molecular formula is C14H17ClN2O. The van der Waals surface area contributed by atoms with Gasteiger partial charge in [0.25, 0.3) is 0 Å². The van der Waals surface area contributed by atoms with Crippen molar-refractivity contribution in [3.63, 3.8) is 0 Å². The van der Waals surface area contributed by atoms with Gasteiger partial charge in [-0.25, -0.2) is 0 Å². The molecule has 1 aromatic carbocycles. The Hall–Kier alpha value is -1.53. The van der Waals surface area contributed by atoms with Gasteiger partial charge in [-0.3, -0.25) is 4.79 Å². The maximum Gasteiger partial charge on any atom is 0.152 e. The second kappa shape index (κ2) is 7.03. The lowest BCUT2D eigenvalue weighted by atomic mass is 10.1. The summed E-state index contributed by atoms with van der Waals surface area (Å²) in [5.74, 6) is 0.446. The summed E-state index contributed by atoms with van der Waals surface area (Å²) in [5.41, 5.74) is 1.42. The smallest absolute Gasteiger partial charge is 0.152 e. The third kappa shape index (κ3) is 4.05. The van der Waals surface area contributed by atoms with Crippen molar-refractivity contribution in [1.82, 2.24) is 0 Å². The van der Waals surface area contributed by atoms with Crippen LogP contribution in [0.3, 0.4) is 0 Å². The highest BCUT2D eigenvalue weighted by atomic mass is 35.5. The van der Waals surface area contributed by atoms with E-state index in [1.54, 1.807) is 18.2 Å². The summed E-state index contributed by atoms with van der Waals surface area (Å²) in [6.07, 6.45) is 1.25. The summed E-state index contributed by atoms with van der Waals surface area (Å²) in [4.78, 5) is 13.1. The molecule has 0 unspecified atom stereocenters. The first-order valence-electron chi connectivity index (χ1n) is 5.95. The van der Waals surface area contributed by atoms with Crippen molar-refractivity contribution in [1.29, 1.82) is 5.26 Å². The highest BCUT2D eigenvalue weighted by molar-refractivity contribution is 6.31. The molecule has 0 amide bonds. The molecular weight excluding hydrogens is 248 g/mol. The largest absolute Gasteiger partial charge is 0.370 e. The van der Waals surface area contributed by atoms with E-state index in [1.165, 1.54) is 0 Å². The minimum atomic E-state index is 0.428. The molecule has 0 N–H and O–H groups in total. The van der Waals surface area contributed by atoms with Gasteiger partial charge in [-0.15, -0.1) is 0 Å². The summed E-state index contributed by atoms with van der Waals surface area (Å²) >= 11 is 5.98. The van der Waals surface area contributed by atoms with E-state index in [9.17, 15) is 4.79 Å². The molecule has 1 rings (SSSR count). The van der Waals surface area contributed by atoms with Gasteiger partial charge in [-0.1, -0.05) is 25.4 Å². The first-order chi connectivity index (χ1) is 8.58. The molecule has 3 nitrogen and oxygen atoms in total. The molecule has 0 aromatic heterocycles. The fourth-order valence-corrected chi connectivity index (χ4v) is 1.99. The molecule has 0 heterocycles. The Kier molecular flexibility index (Phi) is 5.67. The van der Waals surface area contributed by atoms with Crippen LogP contribution in [0.15, 0.2) is 18.2 Å². The third-order valence-corrected chi connectivity index (χ3v) is 2.77. The number of aldehydes is 1. The van der Waals surface area contributed by atoms with E-state index < -0.39 is 0 Å². The van der Waals surface area contributed by atoms with Gasteiger partial charge in [-0.2, -0.15) is 5.26 Å². The van der Waals surface area contributed by atoms with E-state index in [-0.39, 0.29) is 0 Å². The molecule has 0 radical (unpaired) electrons. The Morgan fingerprint density at radius 1 is 1.50 bits per heavy atom. The predicted molar refractivity (Wildman–Crippen MR) is 74.1 cm³/mol. The van der Waals surface area contributed by atoms with Crippen LogP contribution in [0.4, 0.5) is 5.69 Å². The quantitative estimate of drug-likeness (QED) is 0.739. The van der Waals surface area contributed by atoms with Crippen LogP contribution in [0.2, 0.25) is 5.02 Å². The molecule has 0 saturated carbocycles. The van der Waals surface area contributed by atoms with Crippen LogP contribution in [0, 0.1) is 17.2 Å². The minimum absolute atomic E-state index is 0.428. The zero-order valence-corrected chi connectivity index (χ0v) is 11.4. The number of carbonyl (C=O) groups excluding carboxylic acids is 1. The van der Waals surface area contributed by atoms with Crippen LogP contribution in [0.1, 0.15) is 30.6 Å². The average Bonchev–Trinajstić information content (AvgIpc) is 2.34. The number of nitriles is 1. The summed E-state index contributed by atoms with van der Waals surface area (Å²) in [6.45, 7) is 5.60. The summed E-state index contributed by atoms with van der Waals surface area (Å²) in [7, 11) is 0. The van der Waals surface area contributed by atoms with Crippen LogP contribution >= 0.6 is 11.6 Å². The molecule has 1 aromatic rings. The monoisotopic (exact) mass is 264 g/mol. The van der Waals surface area contributed by atoms with Gasteiger partial charge in [-0.05, 0) is 24.1 Å². The first kappa shape index (κ1) is 14.5. The second-order valence-electron chi connectivity index (χ2n) is 4.57. The zero-order chi connectivity index (χ0) is 13.5. The van der Waals surface area contributed by atoms with Crippen LogP contribution in [0.25, 0.3) is 0 Å². The Balaban J connectivity index is 3.06. The Morgan fingerprint density at radius 3 is 2.78 bits per heavy atom. The number of nitrogens with zero attached hydrogens (tertiary/aromatic N) is 2. The molecule has 4 heteroatoms. The summed E-state index contributed by atoms with van der Waals surface area (Å²) in [6, 6.07) is 7.33. The highest BCUT2D eigenvalue weighted by Gasteiger charge is 2.13. The first-order valence-corrected chi connectivity index (χ1v) is 6.33. The normalized spacial score (nSPS) is 10.2. The number of carbonyl (C=O) groups is 1. The van der Waals surface area contributed by atoms with Gasteiger partial charge in [0.15, 0.2) is 6.29 Å². The minimum Gasteiger partial charge on any atom is -0.370 e. The van der Waals surface area contributed by atoms with E-state index in [0.717, 1.165) is 18.5 Å². The maximum absolute atomic E-state index is 11.1. The SMILES string of the molecule is CC(C)CN(CCC#N)c1cc(Cl)ccc1C=O. The molecule has 0 spiro atoms. The topological polar surface area (TPSA) is 44.1 Å². The van der Waals surface area contributed by atoms with Gasteiger partial charge in [0.2, 0.25) is 0 Å². The van der Waals surface area contributed by atoms with Crippen LogP contribution < -0.4 is 4.90 Å². The number of hydrogen-bond acceptors (Lipinski definition) is 3. The Labute approximate surface area is 113 Å². The Bertz CT molecular complexity index is 452. The molecule has 0 fully saturated rings. The second-order valence-corrected chi connectivity index (χ2v) is 5.01. The molecule has 0 aliphatic carbocycles. The van der Waals surface area contributed by atoms with Crippen molar-refractivity contribution >= 4 is 23.6 Å². The van der Waals surface area contributed by atoms with E-state index >= 15 is 0 Å². The standard InChI is InChI=1S/C14H17ClN2O/c1-11(2)9-17(7-3-6-16)14-8-13(15)5-4-12(14)10-18/h4-5,8,10-11H,3,7,9H2,1-2H3. The molecule has 0 aliphatic heterocycles. The van der Waals surface area contributed by atoms with E-state index in [4.69, 9.17) is 16.9 Å². The molecule has 0 aliphatic rings. The van der Waals surface area contributed by atoms with E-state index in [1.807, 2.05) is 4.90 Å². The number of anilines is 1. The van der Waals surface area contributed by atoms with Gasteiger partial charge in [0.1, 0.15) is 0 Å². The zero-order valence-electron chi connectivity index (χ0n) is 10.7. The molecule has 0 bridgehead atoms. The lowest BCUT2D eigenvalue weighted by Gasteiger charge is -2.27. The van der Waals surface area contributed by atoms with Gasteiger partial charge in [0, 0.05) is 29.4 Å². The predicted octanol–water partition coefficient (Wildman–Crippen LogP) is 3.53. The number of hydrogen-bond donors (Lipinski definition) is 0. The van der Waals surface area contributed by atoms with E-state index in [2.05, 4.69) is 19.9 Å². The number of benzene rings is 1. The van der Waals surface area contributed by atoms with Crippen molar-refractivity contribution in [2.45, 2.75) is 20.3 Å². The highest BCUT2D eigenvalue weighted by Crippen LogP contribution is 2.24. The molecule has 18 heavy (non-hydrogen) atoms. The van der Waals surface area contributed by atoms with Gasteiger partial charge >= 0.3 is 0 Å². The van der Waals surface area contributed by atoms with Crippen molar-refractivity contribution in [3.8, 4) is 6.07 Å². The van der Waals surface area contributed by atoms with Gasteiger partial charge in [0.05, 0.1) is 12.5 Å². The number of halogens is 1. The number of rotatable bonds is 6. The fourth-order valence-electron chi connectivity index (χ4n) is 1.83. The van der Waals surface area contributed by atoms with Crippen molar-refractivity contribution < 1.29 is 4.79 Å². The lowest BCUT2D eigenvalue weighted by Crippen LogP contribution is -2.29. The van der Waals surface area contributed by atoms with Crippen LogP contribution in [0.5, 0.6) is 0 Å². The summed E-state index contributed by atoms with van der Waals surface area (Å²) in [5, 5.41) is 9.30. The van der Waals surface area contributed by atoms with Crippen LogP contribution in [-0.2, 0) is 0 Å². The van der Waals surface area contributed by atoms with Gasteiger partial charge < -0.3 is 4.90 Å². The van der Waals surface area contributed by atoms with Crippen molar-refractivity contribution in [2.75, 3.05) is 18.0 Å². The molecule has 96 valence electrons. The van der Waals surface area contributed by atoms with Crippen molar-refractivity contribution in [2.24, 2.45) is 5.92 Å². The van der Waals surface area contributed by atoms with E-state index in [0.29, 0.717) is 29.5 Å². The molecule has 0 saturated heterocycles. The maximum atomic E-state index is 11.1. The lowest BCUT2D eigenvalue weighted by molar-refractivity contribution is 0.112. The average molecular weight is 265 g/mol. The Morgan fingerprint density at radius 2 is 2.22 bits per heavy atom.